The number of carboxylic acids is 1. The second-order valence-electron chi connectivity index (χ2n) is 6.77. The molecule has 2 aromatic carbocycles. The van der Waals surface area contributed by atoms with Crippen LogP contribution in [0.2, 0.25) is 10.0 Å². The smallest absolute Gasteiger partial charge is 0.335 e. The molecule has 0 saturated carbocycles. The molecule has 2 aromatic heterocycles. The number of aromatic nitrogens is 3. The van der Waals surface area contributed by atoms with Gasteiger partial charge in [-0.25, -0.2) is 9.78 Å². The Balaban J connectivity index is 1.67. The predicted molar refractivity (Wildman–Crippen MR) is 125 cm³/mol. The van der Waals surface area contributed by atoms with Crippen LogP contribution in [-0.4, -0.2) is 25.8 Å². The molecular formula is C22H18Cl2N4O2S. The lowest BCUT2D eigenvalue weighted by molar-refractivity contribution is 0.0697. The fourth-order valence-electron chi connectivity index (χ4n) is 3.18. The number of rotatable bonds is 7. The SMILES string of the molecule is CCn1ncc2cc(CN(Sc3ccc(C(=O)O)cc3)c3ncc(Cl)cc3Cl)ccc21. The van der Waals surface area contributed by atoms with Crippen molar-refractivity contribution in [1.82, 2.24) is 14.8 Å². The zero-order valence-corrected chi connectivity index (χ0v) is 18.8. The molecular weight excluding hydrogens is 455 g/mol. The maximum atomic E-state index is 11.1. The summed E-state index contributed by atoms with van der Waals surface area (Å²) >= 11 is 13.9. The van der Waals surface area contributed by atoms with Crippen LogP contribution in [0, 0.1) is 0 Å². The van der Waals surface area contributed by atoms with E-state index in [1.54, 1.807) is 36.5 Å². The topological polar surface area (TPSA) is 71.2 Å². The lowest BCUT2D eigenvalue weighted by Gasteiger charge is -2.23. The molecule has 0 atom stereocenters. The van der Waals surface area contributed by atoms with Gasteiger partial charge in [-0.3, -0.25) is 8.99 Å². The van der Waals surface area contributed by atoms with Crippen LogP contribution < -0.4 is 4.31 Å². The number of hydrogen-bond donors (Lipinski definition) is 1. The fraction of sp³-hybridized carbons (Fsp3) is 0.136. The Hall–Kier alpha value is -2.74. The first kappa shape index (κ1) is 21.5. The van der Waals surface area contributed by atoms with Crippen LogP contribution in [-0.2, 0) is 13.1 Å². The van der Waals surface area contributed by atoms with Crippen molar-refractivity contribution in [2.24, 2.45) is 0 Å². The van der Waals surface area contributed by atoms with Gasteiger partial charge in [0.2, 0.25) is 0 Å². The van der Waals surface area contributed by atoms with Gasteiger partial charge in [0.05, 0.1) is 33.9 Å². The molecule has 6 nitrogen and oxygen atoms in total. The Morgan fingerprint density at radius 1 is 1.13 bits per heavy atom. The van der Waals surface area contributed by atoms with E-state index in [1.165, 1.54) is 11.9 Å². The van der Waals surface area contributed by atoms with Gasteiger partial charge in [0.15, 0.2) is 5.82 Å². The van der Waals surface area contributed by atoms with Crippen molar-refractivity contribution in [3.8, 4) is 0 Å². The molecule has 0 spiro atoms. The third-order valence-electron chi connectivity index (χ3n) is 4.67. The average Bonchev–Trinajstić information content (AvgIpc) is 3.16. The Kier molecular flexibility index (Phi) is 6.36. The monoisotopic (exact) mass is 472 g/mol. The standard InChI is InChI=1S/C22H18Cl2N4O2S/c1-2-27-20-8-3-14(9-16(20)11-26-27)13-28(21-19(24)10-17(23)12-25-21)31-18-6-4-15(5-7-18)22(29)30/h3-12H,2,13H2,1H3,(H,29,30). The normalized spacial score (nSPS) is 11.1. The van der Waals surface area contributed by atoms with E-state index in [-0.39, 0.29) is 5.56 Å². The highest BCUT2D eigenvalue weighted by atomic mass is 35.5. The highest BCUT2D eigenvalue weighted by Crippen LogP contribution is 2.35. The van der Waals surface area contributed by atoms with Crippen LogP contribution >= 0.6 is 35.1 Å². The van der Waals surface area contributed by atoms with Gasteiger partial charge >= 0.3 is 5.97 Å². The van der Waals surface area contributed by atoms with Crippen molar-refractivity contribution in [2.75, 3.05) is 4.31 Å². The van der Waals surface area contributed by atoms with E-state index in [1.807, 2.05) is 15.2 Å². The van der Waals surface area contributed by atoms with Crippen LogP contribution in [0.4, 0.5) is 5.82 Å². The minimum atomic E-state index is -0.961. The van der Waals surface area contributed by atoms with Crippen LogP contribution in [0.25, 0.3) is 10.9 Å². The quantitative estimate of drug-likeness (QED) is 0.324. The second-order valence-corrected chi connectivity index (χ2v) is 8.71. The van der Waals surface area contributed by atoms with Gasteiger partial charge < -0.3 is 5.11 Å². The molecule has 31 heavy (non-hydrogen) atoms. The molecule has 0 fully saturated rings. The molecule has 4 aromatic rings. The number of nitrogens with zero attached hydrogens (tertiary/aromatic N) is 4. The summed E-state index contributed by atoms with van der Waals surface area (Å²) in [4.78, 5) is 16.4. The molecule has 0 saturated heterocycles. The van der Waals surface area contributed by atoms with E-state index in [0.29, 0.717) is 22.4 Å². The molecule has 0 radical (unpaired) electrons. The summed E-state index contributed by atoms with van der Waals surface area (Å²) in [5.41, 5.74) is 2.37. The summed E-state index contributed by atoms with van der Waals surface area (Å²) in [7, 11) is 0. The number of fused-ring (bicyclic) bond motifs is 1. The van der Waals surface area contributed by atoms with Gasteiger partial charge in [-0.2, -0.15) is 5.10 Å². The summed E-state index contributed by atoms with van der Waals surface area (Å²) in [6.07, 6.45) is 3.41. The molecule has 0 aliphatic carbocycles. The molecule has 158 valence electrons. The van der Waals surface area contributed by atoms with Crippen LogP contribution in [0.15, 0.2) is 65.8 Å². The number of carbonyl (C=O) groups is 1. The molecule has 0 amide bonds. The van der Waals surface area contributed by atoms with E-state index in [2.05, 4.69) is 35.2 Å². The minimum absolute atomic E-state index is 0.233. The maximum Gasteiger partial charge on any atom is 0.335 e. The number of benzene rings is 2. The van der Waals surface area contributed by atoms with Gasteiger partial charge in [0.25, 0.3) is 0 Å². The number of aryl methyl sites for hydroxylation is 1. The molecule has 0 aliphatic heterocycles. The zero-order valence-electron chi connectivity index (χ0n) is 16.5. The molecule has 4 rings (SSSR count). The van der Waals surface area contributed by atoms with E-state index in [9.17, 15) is 4.79 Å². The number of carboxylic acid groups (broad SMARTS) is 1. The zero-order chi connectivity index (χ0) is 22.0. The molecule has 0 aliphatic rings. The minimum Gasteiger partial charge on any atom is -0.478 e. The number of halogens is 2. The summed E-state index contributed by atoms with van der Waals surface area (Å²) in [5.74, 6) is -0.389. The molecule has 2 heterocycles. The van der Waals surface area contributed by atoms with Gasteiger partial charge in [0.1, 0.15) is 0 Å². The number of aromatic carboxylic acids is 1. The van der Waals surface area contributed by atoms with Crippen molar-refractivity contribution in [3.05, 3.63) is 82.1 Å². The number of pyridine rings is 1. The van der Waals surface area contributed by atoms with Gasteiger partial charge in [-0.15, -0.1) is 0 Å². The van der Waals surface area contributed by atoms with Crippen LogP contribution in [0.3, 0.4) is 0 Å². The van der Waals surface area contributed by atoms with E-state index >= 15 is 0 Å². The Morgan fingerprint density at radius 3 is 2.58 bits per heavy atom. The fourth-order valence-corrected chi connectivity index (χ4v) is 4.67. The van der Waals surface area contributed by atoms with Gasteiger partial charge in [0, 0.05) is 23.0 Å². The highest BCUT2D eigenvalue weighted by Gasteiger charge is 2.16. The van der Waals surface area contributed by atoms with Crippen molar-refractivity contribution < 1.29 is 9.90 Å². The van der Waals surface area contributed by atoms with Crippen molar-refractivity contribution in [3.63, 3.8) is 0 Å². The summed E-state index contributed by atoms with van der Waals surface area (Å²) < 4.78 is 3.91. The Labute approximate surface area is 193 Å². The maximum absolute atomic E-state index is 11.1. The predicted octanol–water partition coefficient (Wildman–Crippen LogP) is 6.17. The molecule has 0 unspecified atom stereocenters. The van der Waals surface area contributed by atoms with Gasteiger partial charge in [-0.05, 0) is 66.9 Å². The van der Waals surface area contributed by atoms with E-state index < -0.39 is 5.97 Å². The summed E-state index contributed by atoms with van der Waals surface area (Å²) in [6.45, 7) is 3.39. The lowest BCUT2D eigenvalue weighted by atomic mass is 10.1. The second kappa shape index (κ2) is 9.18. The largest absolute Gasteiger partial charge is 0.478 e. The third-order valence-corrected chi connectivity index (χ3v) is 6.16. The molecule has 1 N–H and O–H groups in total. The summed E-state index contributed by atoms with van der Waals surface area (Å²) in [6, 6.07) is 14.5. The van der Waals surface area contributed by atoms with Crippen LogP contribution in [0.1, 0.15) is 22.8 Å². The number of hydrogen-bond acceptors (Lipinski definition) is 5. The van der Waals surface area contributed by atoms with Crippen molar-refractivity contribution in [1.29, 1.82) is 0 Å². The van der Waals surface area contributed by atoms with Crippen molar-refractivity contribution >= 4 is 57.8 Å². The lowest BCUT2D eigenvalue weighted by Crippen LogP contribution is -2.15. The van der Waals surface area contributed by atoms with Crippen LogP contribution in [0.5, 0.6) is 0 Å². The Bertz CT molecular complexity index is 1240. The Morgan fingerprint density at radius 2 is 1.90 bits per heavy atom. The molecule has 9 heteroatoms. The number of anilines is 1. The third kappa shape index (κ3) is 4.79. The summed E-state index contributed by atoms with van der Waals surface area (Å²) in [5, 5.41) is 15.5. The highest BCUT2D eigenvalue weighted by molar-refractivity contribution is 8.00. The van der Waals surface area contributed by atoms with E-state index in [4.69, 9.17) is 28.3 Å². The first-order valence-corrected chi connectivity index (χ1v) is 11.0. The first-order chi connectivity index (χ1) is 14.9. The first-order valence-electron chi connectivity index (χ1n) is 9.49. The van der Waals surface area contributed by atoms with E-state index in [0.717, 1.165) is 27.9 Å². The van der Waals surface area contributed by atoms with Gasteiger partial charge in [-0.1, -0.05) is 29.3 Å². The van der Waals surface area contributed by atoms with Crippen molar-refractivity contribution in [2.45, 2.75) is 24.9 Å². The average molecular weight is 473 g/mol. The molecule has 0 bridgehead atoms.